The number of benzene rings is 1. The van der Waals surface area contributed by atoms with Crippen molar-refractivity contribution in [3.05, 3.63) is 77.4 Å². The number of methoxy groups -OCH3 is 1. The smallest absolute Gasteiger partial charge is 0.433 e. The third-order valence-electron chi connectivity index (χ3n) is 7.03. The predicted molar refractivity (Wildman–Crippen MR) is 136 cm³/mol. The van der Waals surface area contributed by atoms with Gasteiger partial charge < -0.3 is 14.7 Å². The highest BCUT2D eigenvalue weighted by atomic mass is 19.4. The second-order valence-corrected chi connectivity index (χ2v) is 9.27. The quantitative estimate of drug-likeness (QED) is 0.399. The maximum Gasteiger partial charge on any atom is 0.433 e. The van der Waals surface area contributed by atoms with E-state index in [4.69, 9.17) is 4.74 Å². The van der Waals surface area contributed by atoms with Crippen LogP contribution < -0.4 is 4.74 Å². The van der Waals surface area contributed by atoms with E-state index < -0.39 is 17.8 Å². The molecule has 204 valence electrons. The minimum Gasteiger partial charge on any atom is -0.497 e. The molecular weight excluding hydrogens is 513 g/mol. The highest BCUT2D eigenvalue weighted by Gasteiger charge is 2.39. The maximum absolute atomic E-state index is 14.2. The van der Waals surface area contributed by atoms with Gasteiger partial charge in [-0.1, -0.05) is 6.07 Å². The summed E-state index contributed by atoms with van der Waals surface area (Å²) in [4.78, 5) is 25.8. The second-order valence-electron chi connectivity index (χ2n) is 9.27. The van der Waals surface area contributed by atoms with Crippen LogP contribution in [0, 0.1) is 6.92 Å². The SMILES string of the molecule is COc1ccc(-c2nc3c(C(=O)N4CCN([C@@H](CO)c5cccnc5)CC4)cnn3c(C(F)(F)F)c2C)cc1. The zero-order valence-corrected chi connectivity index (χ0v) is 21.4. The van der Waals surface area contributed by atoms with Crippen molar-refractivity contribution in [3.8, 4) is 17.0 Å². The maximum atomic E-state index is 14.2. The molecule has 0 saturated carbocycles. The molecule has 12 heteroatoms. The van der Waals surface area contributed by atoms with Crippen molar-refractivity contribution in [1.29, 1.82) is 0 Å². The molecule has 1 aliphatic rings. The van der Waals surface area contributed by atoms with E-state index in [0.29, 0.717) is 42.0 Å². The summed E-state index contributed by atoms with van der Waals surface area (Å²) in [5.41, 5.74) is 0.196. The van der Waals surface area contributed by atoms with Crippen molar-refractivity contribution >= 4 is 11.6 Å². The number of amides is 1. The number of pyridine rings is 1. The molecule has 1 saturated heterocycles. The fourth-order valence-corrected chi connectivity index (χ4v) is 5.00. The fraction of sp³-hybridized carbons (Fsp3) is 0.333. The van der Waals surface area contributed by atoms with E-state index in [9.17, 15) is 23.1 Å². The van der Waals surface area contributed by atoms with Gasteiger partial charge >= 0.3 is 6.18 Å². The minimum absolute atomic E-state index is 0.00493. The molecule has 4 heterocycles. The van der Waals surface area contributed by atoms with E-state index in [1.165, 1.54) is 14.0 Å². The van der Waals surface area contributed by atoms with Crippen LogP contribution in [0.5, 0.6) is 5.75 Å². The summed E-state index contributed by atoms with van der Waals surface area (Å²) in [6.45, 7) is 2.85. The zero-order valence-electron chi connectivity index (χ0n) is 21.4. The molecule has 0 bridgehead atoms. The molecule has 5 rings (SSSR count). The number of rotatable bonds is 6. The highest BCUT2D eigenvalue weighted by Crippen LogP contribution is 2.37. The Balaban J connectivity index is 1.46. The first-order chi connectivity index (χ1) is 18.7. The van der Waals surface area contributed by atoms with Gasteiger partial charge in [0.05, 0.1) is 31.6 Å². The predicted octanol–water partition coefficient (Wildman–Crippen LogP) is 3.62. The first kappa shape index (κ1) is 26.6. The summed E-state index contributed by atoms with van der Waals surface area (Å²) in [6, 6.07) is 9.95. The van der Waals surface area contributed by atoms with Crippen molar-refractivity contribution in [2.24, 2.45) is 0 Å². The van der Waals surface area contributed by atoms with E-state index in [0.717, 1.165) is 11.8 Å². The molecule has 1 aliphatic heterocycles. The topological polar surface area (TPSA) is 96.1 Å². The lowest BCUT2D eigenvalue weighted by Gasteiger charge is -2.38. The summed E-state index contributed by atoms with van der Waals surface area (Å²) in [5, 5.41) is 13.9. The first-order valence-electron chi connectivity index (χ1n) is 12.4. The van der Waals surface area contributed by atoms with Crippen molar-refractivity contribution in [1.82, 2.24) is 29.4 Å². The Hall–Kier alpha value is -4.03. The number of hydrogen-bond acceptors (Lipinski definition) is 7. The molecule has 0 unspecified atom stereocenters. The van der Waals surface area contributed by atoms with Gasteiger partial charge in [-0.3, -0.25) is 14.7 Å². The average molecular weight is 541 g/mol. The zero-order chi connectivity index (χ0) is 27.7. The highest BCUT2D eigenvalue weighted by molar-refractivity contribution is 6.00. The molecule has 0 radical (unpaired) electrons. The Morgan fingerprint density at radius 3 is 2.41 bits per heavy atom. The molecule has 4 aromatic rings. The van der Waals surface area contributed by atoms with Crippen molar-refractivity contribution in [2.75, 3.05) is 39.9 Å². The molecule has 3 aromatic heterocycles. The third-order valence-corrected chi connectivity index (χ3v) is 7.03. The summed E-state index contributed by atoms with van der Waals surface area (Å²) in [7, 11) is 1.50. The van der Waals surface area contributed by atoms with E-state index in [-0.39, 0.29) is 35.1 Å². The van der Waals surface area contributed by atoms with Crippen LogP contribution >= 0.6 is 0 Å². The van der Waals surface area contributed by atoms with Gasteiger partial charge in [0, 0.05) is 49.7 Å². The number of ether oxygens (including phenoxy) is 1. The van der Waals surface area contributed by atoms with Gasteiger partial charge in [-0.25, -0.2) is 9.50 Å². The molecule has 1 aromatic carbocycles. The molecular formula is C27H27F3N6O3. The van der Waals surface area contributed by atoms with Crippen LogP contribution in [0.1, 0.15) is 33.2 Å². The Morgan fingerprint density at radius 2 is 1.82 bits per heavy atom. The van der Waals surface area contributed by atoms with E-state index in [1.54, 1.807) is 47.6 Å². The number of alkyl halides is 3. The Morgan fingerprint density at radius 1 is 1.10 bits per heavy atom. The van der Waals surface area contributed by atoms with Gasteiger partial charge in [-0.2, -0.15) is 18.3 Å². The molecule has 39 heavy (non-hydrogen) atoms. The number of piperazine rings is 1. The number of carbonyl (C=O) groups is 1. The van der Waals surface area contributed by atoms with Crippen LogP contribution in [0.4, 0.5) is 13.2 Å². The van der Waals surface area contributed by atoms with Gasteiger partial charge in [0.2, 0.25) is 0 Å². The minimum atomic E-state index is -4.73. The normalized spacial score (nSPS) is 15.5. The van der Waals surface area contributed by atoms with Gasteiger partial charge in [-0.15, -0.1) is 0 Å². The number of aromatic nitrogens is 4. The number of carbonyl (C=O) groups excluding carboxylic acids is 1. The van der Waals surface area contributed by atoms with Gasteiger partial charge in [0.25, 0.3) is 5.91 Å². The van der Waals surface area contributed by atoms with Gasteiger partial charge in [0.15, 0.2) is 11.3 Å². The first-order valence-corrected chi connectivity index (χ1v) is 12.4. The molecule has 0 spiro atoms. The van der Waals surface area contributed by atoms with Crippen molar-refractivity contribution in [3.63, 3.8) is 0 Å². The second kappa shape index (κ2) is 10.6. The Bertz CT molecular complexity index is 1470. The molecule has 1 atom stereocenters. The lowest BCUT2D eigenvalue weighted by molar-refractivity contribution is -0.143. The van der Waals surface area contributed by atoms with Gasteiger partial charge in [0.1, 0.15) is 11.3 Å². The Labute approximate surface area is 222 Å². The lowest BCUT2D eigenvalue weighted by Crippen LogP contribution is -2.50. The third kappa shape index (κ3) is 5.04. The summed E-state index contributed by atoms with van der Waals surface area (Å²) >= 11 is 0. The number of aliphatic hydroxyl groups is 1. The number of hydrogen-bond donors (Lipinski definition) is 1. The van der Waals surface area contributed by atoms with Crippen LogP contribution in [-0.4, -0.2) is 80.3 Å². The van der Waals surface area contributed by atoms with Crippen LogP contribution in [0.2, 0.25) is 0 Å². The molecule has 1 fully saturated rings. The Kier molecular flexibility index (Phi) is 7.23. The number of halogens is 3. The summed E-state index contributed by atoms with van der Waals surface area (Å²) in [6.07, 6.45) is -0.222. The van der Waals surface area contributed by atoms with Crippen LogP contribution in [0.3, 0.4) is 0 Å². The number of nitrogens with zero attached hydrogens (tertiary/aromatic N) is 6. The summed E-state index contributed by atoms with van der Waals surface area (Å²) in [5.74, 6) is 0.108. The van der Waals surface area contributed by atoms with Gasteiger partial charge in [-0.05, 0) is 42.8 Å². The van der Waals surface area contributed by atoms with Crippen LogP contribution in [0.25, 0.3) is 16.9 Å². The largest absolute Gasteiger partial charge is 0.497 e. The summed E-state index contributed by atoms with van der Waals surface area (Å²) < 4.78 is 48.5. The molecule has 1 N–H and O–H groups in total. The average Bonchev–Trinajstić information content (AvgIpc) is 3.36. The molecule has 9 nitrogen and oxygen atoms in total. The monoisotopic (exact) mass is 540 g/mol. The fourth-order valence-electron chi connectivity index (χ4n) is 5.00. The number of fused-ring (bicyclic) bond motifs is 1. The van der Waals surface area contributed by atoms with E-state index >= 15 is 0 Å². The van der Waals surface area contributed by atoms with Crippen LogP contribution in [0.15, 0.2) is 55.0 Å². The van der Waals surface area contributed by atoms with Crippen molar-refractivity contribution < 1.29 is 27.8 Å². The number of aliphatic hydroxyl groups excluding tert-OH is 1. The standard InChI is InChI=1S/C27H27F3N6O3/c1-17-23(18-5-7-20(39-2)8-6-18)33-25-21(15-32-36(25)24(17)27(28,29)30)26(38)35-12-10-34(11-13-35)22(16-37)19-4-3-9-31-14-19/h3-9,14-15,22,37H,10-13,16H2,1-2H3/t22-/m0/s1. The van der Waals surface area contributed by atoms with E-state index in [2.05, 4.69) is 20.0 Å². The van der Waals surface area contributed by atoms with Crippen LogP contribution in [-0.2, 0) is 6.18 Å². The molecule has 1 amide bonds. The van der Waals surface area contributed by atoms with E-state index in [1.807, 2.05) is 6.07 Å². The van der Waals surface area contributed by atoms with Crippen molar-refractivity contribution in [2.45, 2.75) is 19.1 Å². The molecule has 0 aliphatic carbocycles. The lowest BCUT2D eigenvalue weighted by atomic mass is 10.0.